The second-order valence-electron chi connectivity index (χ2n) is 6.43. The molecule has 28 heavy (non-hydrogen) atoms. The zero-order chi connectivity index (χ0) is 20.6. The minimum absolute atomic E-state index is 0.0406. The van der Waals surface area contributed by atoms with Crippen molar-refractivity contribution in [3.05, 3.63) is 46.8 Å². The van der Waals surface area contributed by atoms with Crippen LogP contribution >= 0.6 is 0 Å². The van der Waals surface area contributed by atoms with Gasteiger partial charge in [0, 0.05) is 19.2 Å². The molecule has 0 bridgehead atoms. The van der Waals surface area contributed by atoms with Gasteiger partial charge in [0.25, 0.3) is 0 Å². The second kappa shape index (κ2) is 7.51. The first kappa shape index (κ1) is 20.3. The molecule has 1 aromatic heterocycles. The Morgan fingerprint density at radius 2 is 1.79 bits per heavy atom. The molecular formula is C16H15F6N5O. The van der Waals surface area contributed by atoms with Gasteiger partial charge in [0.15, 0.2) is 17.4 Å². The van der Waals surface area contributed by atoms with E-state index < -0.39 is 41.3 Å². The van der Waals surface area contributed by atoms with Gasteiger partial charge in [-0.1, -0.05) is 0 Å². The number of benzene rings is 1. The highest BCUT2D eigenvalue weighted by molar-refractivity contribution is 5.86. The third-order valence-corrected chi connectivity index (χ3v) is 4.41. The molecule has 0 spiro atoms. The van der Waals surface area contributed by atoms with Crippen molar-refractivity contribution in [1.82, 2.24) is 19.7 Å². The highest BCUT2D eigenvalue weighted by atomic mass is 19.4. The Balaban J connectivity index is 1.62. The first-order valence-electron chi connectivity index (χ1n) is 8.19. The maximum atomic E-state index is 13.7. The maximum absolute atomic E-state index is 13.7. The van der Waals surface area contributed by atoms with Crippen LogP contribution in [-0.2, 0) is 30.5 Å². The van der Waals surface area contributed by atoms with Crippen LogP contribution in [0.25, 0.3) is 0 Å². The molecule has 0 amide bonds. The number of hydrogen-bond donors (Lipinski definition) is 1. The Hall–Kier alpha value is -2.47. The van der Waals surface area contributed by atoms with E-state index in [1.165, 1.54) is 4.90 Å². The molecule has 0 saturated heterocycles. The van der Waals surface area contributed by atoms with Crippen LogP contribution in [-0.4, -0.2) is 44.6 Å². The zero-order valence-corrected chi connectivity index (χ0v) is 14.3. The fraction of sp³-hybridized carbons (Fsp3) is 0.438. The molecule has 1 aliphatic rings. The van der Waals surface area contributed by atoms with Crippen LogP contribution in [0.2, 0.25) is 0 Å². The van der Waals surface area contributed by atoms with E-state index in [-0.39, 0.29) is 44.0 Å². The van der Waals surface area contributed by atoms with E-state index in [4.69, 9.17) is 5.73 Å². The largest absolute Gasteiger partial charge is 0.451 e. The van der Waals surface area contributed by atoms with Crippen LogP contribution in [0.15, 0.2) is 12.1 Å². The number of hydrogen-bond acceptors (Lipinski definition) is 5. The Morgan fingerprint density at radius 1 is 1.11 bits per heavy atom. The molecule has 0 aliphatic carbocycles. The summed E-state index contributed by atoms with van der Waals surface area (Å²) < 4.78 is 79.3. The molecule has 0 saturated carbocycles. The average Bonchev–Trinajstić information content (AvgIpc) is 3.03. The van der Waals surface area contributed by atoms with E-state index in [1.807, 2.05) is 0 Å². The first-order chi connectivity index (χ1) is 13.1. The molecule has 6 nitrogen and oxygen atoms in total. The molecule has 2 aromatic rings. The molecule has 0 fully saturated rings. The lowest BCUT2D eigenvalue weighted by molar-refractivity contribution is -0.148. The Bertz CT molecular complexity index is 896. The minimum Gasteiger partial charge on any atom is -0.321 e. The number of ketones is 1. The minimum atomic E-state index is -4.62. The molecule has 0 unspecified atom stereocenters. The number of Topliss-reactive ketones (excluding diaryl/α,β-unsaturated/α-hetero) is 1. The summed E-state index contributed by atoms with van der Waals surface area (Å²) >= 11 is 0. The second-order valence-corrected chi connectivity index (χ2v) is 6.43. The molecule has 1 aliphatic heterocycles. The molecule has 2 N–H and O–H groups in total. The van der Waals surface area contributed by atoms with Gasteiger partial charge in [-0.25, -0.2) is 13.2 Å². The van der Waals surface area contributed by atoms with E-state index in [2.05, 4.69) is 10.2 Å². The Morgan fingerprint density at radius 3 is 2.46 bits per heavy atom. The van der Waals surface area contributed by atoms with Crippen molar-refractivity contribution in [2.24, 2.45) is 5.73 Å². The molecule has 1 aromatic carbocycles. The SMILES string of the molecule is N[C@H](Cc1cc(F)c(F)cc1F)C(=O)CN1CCn2c(nnc2C(F)(F)F)C1. The van der Waals surface area contributed by atoms with E-state index in [1.54, 1.807) is 0 Å². The summed E-state index contributed by atoms with van der Waals surface area (Å²) in [4.78, 5) is 13.8. The first-order valence-corrected chi connectivity index (χ1v) is 8.19. The predicted octanol–water partition coefficient (Wildman–Crippen LogP) is 1.67. The van der Waals surface area contributed by atoms with Gasteiger partial charge >= 0.3 is 6.18 Å². The normalized spacial score (nSPS) is 16.1. The summed E-state index contributed by atoms with van der Waals surface area (Å²) in [5, 5.41) is 6.65. The number of nitrogens with two attached hydrogens (primary N) is 1. The third kappa shape index (κ3) is 4.17. The van der Waals surface area contributed by atoms with Crippen molar-refractivity contribution in [3.63, 3.8) is 0 Å². The van der Waals surface area contributed by atoms with E-state index in [9.17, 15) is 31.1 Å². The summed E-state index contributed by atoms with van der Waals surface area (Å²) in [7, 11) is 0. The van der Waals surface area contributed by atoms with Crippen LogP contribution in [0, 0.1) is 17.5 Å². The maximum Gasteiger partial charge on any atom is 0.451 e. The number of halogens is 6. The molecule has 152 valence electrons. The van der Waals surface area contributed by atoms with Gasteiger partial charge in [-0.15, -0.1) is 10.2 Å². The third-order valence-electron chi connectivity index (χ3n) is 4.41. The van der Waals surface area contributed by atoms with Gasteiger partial charge in [-0.3, -0.25) is 9.69 Å². The Kier molecular flexibility index (Phi) is 5.44. The summed E-state index contributed by atoms with van der Waals surface area (Å²) in [6, 6.07) is -0.179. The van der Waals surface area contributed by atoms with Crippen molar-refractivity contribution in [2.45, 2.75) is 31.7 Å². The molecule has 0 radical (unpaired) electrons. The number of carbonyl (C=O) groups is 1. The monoisotopic (exact) mass is 407 g/mol. The summed E-state index contributed by atoms with van der Waals surface area (Å²) in [6.45, 7) is -0.175. The fourth-order valence-electron chi connectivity index (χ4n) is 2.96. The number of alkyl halides is 3. The fourth-order valence-corrected chi connectivity index (χ4v) is 2.96. The standard InChI is InChI=1S/C16H15F6N5O/c17-9-5-11(19)10(18)3-8(9)4-12(23)13(28)6-26-1-2-27-14(7-26)24-25-15(27)16(20,21)22/h3,5,12H,1-2,4,6-7,23H2/t12-/m1/s1. The lowest BCUT2D eigenvalue weighted by Crippen LogP contribution is -2.44. The van der Waals surface area contributed by atoms with Crippen molar-refractivity contribution in [2.75, 3.05) is 13.1 Å². The summed E-state index contributed by atoms with van der Waals surface area (Å²) in [6.07, 6.45) is -4.97. The van der Waals surface area contributed by atoms with E-state index >= 15 is 0 Å². The summed E-state index contributed by atoms with van der Waals surface area (Å²) in [5.41, 5.74) is 5.50. The number of nitrogens with zero attached hydrogens (tertiary/aromatic N) is 4. The smallest absolute Gasteiger partial charge is 0.321 e. The van der Waals surface area contributed by atoms with Gasteiger partial charge in [-0.2, -0.15) is 13.2 Å². The number of rotatable bonds is 5. The summed E-state index contributed by atoms with van der Waals surface area (Å²) in [5.74, 6) is -5.18. The van der Waals surface area contributed by atoms with Crippen LogP contribution in [0.5, 0.6) is 0 Å². The van der Waals surface area contributed by atoms with Crippen molar-refractivity contribution in [3.8, 4) is 0 Å². The zero-order valence-electron chi connectivity index (χ0n) is 14.3. The average molecular weight is 407 g/mol. The quantitative estimate of drug-likeness (QED) is 0.603. The predicted molar refractivity (Wildman–Crippen MR) is 83.3 cm³/mol. The molecule has 2 heterocycles. The van der Waals surface area contributed by atoms with Crippen LogP contribution in [0.4, 0.5) is 26.3 Å². The van der Waals surface area contributed by atoms with Crippen LogP contribution < -0.4 is 5.73 Å². The van der Waals surface area contributed by atoms with Gasteiger partial charge in [-0.05, 0) is 18.1 Å². The molecule has 1 atom stereocenters. The lowest BCUT2D eigenvalue weighted by Gasteiger charge is -2.28. The number of fused-ring (bicyclic) bond motifs is 1. The highest BCUT2D eigenvalue weighted by Crippen LogP contribution is 2.29. The van der Waals surface area contributed by atoms with E-state index in [0.29, 0.717) is 12.1 Å². The van der Waals surface area contributed by atoms with Crippen molar-refractivity contribution < 1.29 is 31.1 Å². The number of carbonyl (C=O) groups excluding carboxylic acids is 1. The van der Waals surface area contributed by atoms with Gasteiger partial charge in [0.1, 0.15) is 11.6 Å². The highest BCUT2D eigenvalue weighted by Gasteiger charge is 2.39. The van der Waals surface area contributed by atoms with E-state index in [0.717, 1.165) is 4.57 Å². The van der Waals surface area contributed by atoms with Crippen LogP contribution in [0.3, 0.4) is 0 Å². The van der Waals surface area contributed by atoms with Crippen LogP contribution in [0.1, 0.15) is 17.2 Å². The molecule has 12 heteroatoms. The lowest BCUT2D eigenvalue weighted by atomic mass is 10.0. The topological polar surface area (TPSA) is 77.0 Å². The van der Waals surface area contributed by atoms with Gasteiger partial charge < -0.3 is 10.3 Å². The Labute approximate surface area is 154 Å². The van der Waals surface area contributed by atoms with Gasteiger partial charge in [0.2, 0.25) is 5.82 Å². The number of aromatic nitrogens is 3. The van der Waals surface area contributed by atoms with Gasteiger partial charge in [0.05, 0.1) is 19.1 Å². The molecular weight excluding hydrogens is 392 g/mol. The molecule has 3 rings (SSSR count). The van der Waals surface area contributed by atoms with Crippen molar-refractivity contribution in [1.29, 1.82) is 0 Å². The van der Waals surface area contributed by atoms with Crippen molar-refractivity contribution >= 4 is 5.78 Å².